The monoisotopic (exact) mass is 465 g/mol. The molecule has 0 radical (unpaired) electrons. The number of benzene rings is 3. The molecule has 0 fully saturated rings. The fourth-order valence-corrected chi connectivity index (χ4v) is 4.55. The molecular formula is C27H20ClN5O. The molecule has 7 heteroatoms. The van der Waals surface area contributed by atoms with Crippen LogP contribution in [0.4, 0.5) is 0 Å². The number of rotatable bonds is 4. The quantitative estimate of drug-likeness (QED) is 0.342. The summed E-state index contributed by atoms with van der Waals surface area (Å²) >= 11 is 6.36. The number of para-hydroxylation sites is 2. The van der Waals surface area contributed by atoms with E-state index in [-0.39, 0.29) is 5.56 Å². The first-order valence-corrected chi connectivity index (χ1v) is 11.5. The molecule has 0 unspecified atom stereocenters. The third-order valence-electron chi connectivity index (χ3n) is 6.11. The van der Waals surface area contributed by atoms with Gasteiger partial charge in [-0.05, 0) is 47.9 Å². The van der Waals surface area contributed by atoms with Crippen molar-refractivity contribution in [2.24, 2.45) is 0 Å². The van der Waals surface area contributed by atoms with Crippen molar-refractivity contribution in [3.63, 3.8) is 0 Å². The molecule has 0 bridgehead atoms. The predicted octanol–water partition coefficient (Wildman–Crippen LogP) is 5.55. The number of hydrogen-bond acceptors (Lipinski definition) is 4. The van der Waals surface area contributed by atoms with Crippen LogP contribution >= 0.6 is 11.6 Å². The minimum absolute atomic E-state index is 0.176. The average Bonchev–Trinajstić information content (AvgIpc) is 3.19. The molecule has 0 saturated carbocycles. The summed E-state index contributed by atoms with van der Waals surface area (Å²) in [6, 6.07) is 23.4. The fourth-order valence-electron chi connectivity index (χ4n) is 4.35. The van der Waals surface area contributed by atoms with E-state index in [9.17, 15) is 4.79 Å². The van der Waals surface area contributed by atoms with Crippen molar-refractivity contribution < 1.29 is 0 Å². The van der Waals surface area contributed by atoms with Gasteiger partial charge in [0.25, 0.3) is 5.56 Å². The van der Waals surface area contributed by atoms with Crippen molar-refractivity contribution in [3.05, 3.63) is 106 Å². The highest BCUT2D eigenvalue weighted by Crippen LogP contribution is 2.29. The lowest BCUT2D eigenvalue weighted by atomic mass is 10.1. The molecule has 3 heterocycles. The van der Waals surface area contributed by atoms with Gasteiger partial charge in [-0.2, -0.15) is 0 Å². The summed E-state index contributed by atoms with van der Waals surface area (Å²) < 4.78 is 3.51. The molecule has 0 saturated heterocycles. The molecule has 0 aliphatic rings. The summed E-state index contributed by atoms with van der Waals surface area (Å²) in [6.45, 7) is 2.43. The molecule has 3 aromatic heterocycles. The number of hydrogen-bond donors (Lipinski definition) is 0. The highest BCUT2D eigenvalue weighted by Gasteiger charge is 2.21. The van der Waals surface area contributed by atoms with E-state index < -0.39 is 0 Å². The lowest BCUT2D eigenvalue weighted by Gasteiger charge is -2.09. The minimum atomic E-state index is -0.176. The molecule has 3 aromatic carbocycles. The van der Waals surface area contributed by atoms with Gasteiger partial charge >= 0.3 is 0 Å². The predicted molar refractivity (Wildman–Crippen MR) is 136 cm³/mol. The smallest absolute Gasteiger partial charge is 0.265 e. The summed E-state index contributed by atoms with van der Waals surface area (Å²) in [5.74, 6) is 0. The Bertz CT molecular complexity index is 1770. The summed E-state index contributed by atoms with van der Waals surface area (Å²) in [5.41, 5.74) is 5.96. The van der Waals surface area contributed by atoms with Gasteiger partial charge in [-0.25, -0.2) is 15.0 Å². The Morgan fingerprint density at radius 2 is 1.65 bits per heavy atom. The molecule has 34 heavy (non-hydrogen) atoms. The van der Waals surface area contributed by atoms with Gasteiger partial charge in [-0.15, -0.1) is 0 Å². The summed E-state index contributed by atoms with van der Waals surface area (Å²) in [6.07, 6.45) is 2.48. The van der Waals surface area contributed by atoms with Crippen molar-refractivity contribution in [1.82, 2.24) is 24.1 Å². The van der Waals surface area contributed by atoms with Crippen LogP contribution in [0.1, 0.15) is 18.1 Å². The molecule has 6 rings (SSSR count). The first-order valence-electron chi connectivity index (χ1n) is 11.1. The van der Waals surface area contributed by atoms with Crippen molar-refractivity contribution in [2.45, 2.75) is 19.9 Å². The Labute approximate surface area is 200 Å². The molecule has 0 atom stereocenters. The third-order valence-corrected chi connectivity index (χ3v) is 6.47. The van der Waals surface area contributed by atoms with Crippen molar-refractivity contribution in [3.8, 4) is 5.69 Å². The maximum Gasteiger partial charge on any atom is 0.265 e. The zero-order chi connectivity index (χ0) is 23.2. The second-order valence-electron chi connectivity index (χ2n) is 8.21. The molecule has 0 amide bonds. The van der Waals surface area contributed by atoms with Crippen LogP contribution in [0, 0.1) is 0 Å². The maximum absolute atomic E-state index is 13.8. The van der Waals surface area contributed by atoms with Gasteiger partial charge in [0, 0.05) is 10.7 Å². The molecule has 6 nitrogen and oxygen atoms in total. The number of aryl methyl sites for hydroxylation is 1. The lowest BCUT2D eigenvalue weighted by molar-refractivity contribution is 0.747. The molecule has 166 valence electrons. The van der Waals surface area contributed by atoms with Crippen molar-refractivity contribution >= 4 is 44.8 Å². The largest absolute Gasteiger partial charge is 0.294 e. The summed E-state index contributed by atoms with van der Waals surface area (Å²) in [4.78, 5) is 28.3. The van der Waals surface area contributed by atoms with E-state index in [0.29, 0.717) is 33.8 Å². The summed E-state index contributed by atoms with van der Waals surface area (Å²) in [7, 11) is 0. The number of fused-ring (bicyclic) bond motifs is 4. The van der Waals surface area contributed by atoms with Crippen LogP contribution in [0.15, 0.2) is 83.9 Å². The Kier molecular flexibility index (Phi) is 4.89. The van der Waals surface area contributed by atoms with Crippen LogP contribution in [0.3, 0.4) is 0 Å². The summed E-state index contributed by atoms with van der Waals surface area (Å²) in [5, 5.41) is 1.06. The van der Waals surface area contributed by atoms with Gasteiger partial charge in [0.15, 0.2) is 11.3 Å². The van der Waals surface area contributed by atoms with Crippen LogP contribution in [0.5, 0.6) is 0 Å². The number of halogens is 1. The molecule has 0 N–H and O–H groups in total. The Morgan fingerprint density at radius 3 is 2.44 bits per heavy atom. The van der Waals surface area contributed by atoms with E-state index in [1.807, 2.05) is 65.2 Å². The van der Waals surface area contributed by atoms with E-state index in [1.165, 1.54) is 5.56 Å². The van der Waals surface area contributed by atoms with E-state index in [1.54, 1.807) is 10.9 Å². The Hall–Kier alpha value is -4.03. The molecular weight excluding hydrogens is 446 g/mol. The molecule has 0 spiro atoms. The minimum Gasteiger partial charge on any atom is -0.294 e. The molecule has 6 aromatic rings. The zero-order valence-electron chi connectivity index (χ0n) is 18.4. The van der Waals surface area contributed by atoms with Crippen LogP contribution in [-0.4, -0.2) is 24.1 Å². The highest BCUT2D eigenvalue weighted by molar-refractivity contribution is 6.31. The molecule has 0 aliphatic heterocycles. The van der Waals surface area contributed by atoms with Gasteiger partial charge in [0.05, 0.1) is 17.6 Å². The highest BCUT2D eigenvalue weighted by atomic mass is 35.5. The lowest BCUT2D eigenvalue weighted by Crippen LogP contribution is -2.21. The average molecular weight is 466 g/mol. The van der Waals surface area contributed by atoms with Gasteiger partial charge in [-0.3, -0.25) is 13.9 Å². The standard InChI is InChI=1S/C27H20ClN5O/c1-2-17-8-7-10-19(14-17)33-25-23(24-26(33)31-22-13-6-5-12-21(22)30-24)27(34)32(16-29-25)15-18-9-3-4-11-20(18)28/h3-14,16H,2,15H2,1H3. The SMILES string of the molecule is CCc1cccc(-n2c3nc4ccccc4nc3c3c(=O)n(Cc4ccccc4Cl)cnc32)c1. The van der Waals surface area contributed by atoms with Gasteiger partial charge < -0.3 is 0 Å². The normalized spacial score (nSPS) is 11.6. The van der Waals surface area contributed by atoms with Gasteiger partial charge in [0.1, 0.15) is 17.2 Å². The maximum atomic E-state index is 13.8. The van der Waals surface area contributed by atoms with Gasteiger partial charge in [-0.1, -0.05) is 61.0 Å². The van der Waals surface area contributed by atoms with E-state index in [4.69, 9.17) is 26.6 Å². The van der Waals surface area contributed by atoms with E-state index in [2.05, 4.69) is 19.1 Å². The van der Waals surface area contributed by atoms with Crippen molar-refractivity contribution in [1.29, 1.82) is 0 Å². The number of aromatic nitrogens is 5. The van der Waals surface area contributed by atoms with Gasteiger partial charge in [0.2, 0.25) is 0 Å². The topological polar surface area (TPSA) is 65.6 Å². The van der Waals surface area contributed by atoms with Crippen LogP contribution < -0.4 is 5.56 Å². The second kappa shape index (κ2) is 8.08. The Morgan fingerprint density at radius 1 is 0.882 bits per heavy atom. The van der Waals surface area contributed by atoms with Crippen LogP contribution in [-0.2, 0) is 13.0 Å². The second-order valence-corrected chi connectivity index (χ2v) is 8.62. The fraction of sp³-hybridized carbons (Fsp3) is 0.111. The number of nitrogens with zero attached hydrogens (tertiary/aromatic N) is 5. The zero-order valence-corrected chi connectivity index (χ0v) is 19.2. The first kappa shape index (κ1) is 20.6. The van der Waals surface area contributed by atoms with E-state index >= 15 is 0 Å². The first-order chi connectivity index (χ1) is 16.6. The molecule has 0 aliphatic carbocycles. The third kappa shape index (κ3) is 3.26. The Balaban J connectivity index is 1.69. The van der Waals surface area contributed by atoms with Crippen LogP contribution in [0.25, 0.3) is 38.9 Å². The van der Waals surface area contributed by atoms with E-state index in [0.717, 1.165) is 28.7 Å². The van der Waals surface area contributed by atoms with Crippen LogP contribution in [0.2, 0.25) is 5.02 Å². The van der Waals surface area contributed by atoms with Crippen molar-refractivity contribution in [2.75, 3.05) is 0 Å².